The molecule has 9 rings (SSSR count). The van der Waals surface area contributed by atoms with Crippen molar-refractivity contribution >= 4 is 28.2 Å². The average Bonchev–Trinajstić information content (AvgIpc) is 3.69. The third kappa shape index (κ3) is 12.0. The first-order valence-corrected chi connectivity index (χ1v) is 29.3. The minimum absolute atomic E-state index is 0.0739. The van der Waals surface area contributed by atoms with Crippen LogP contribution in [0.4, 0.5) is 11.4 Å². The summed E-state index contributed by atoms with van der Waals surface area (Å²) in [6.07, 6.45) is 18.6. The van der Waals surface area contributed by atoms with Crippen molar-refractivity contribution in [3.8, 4) is 11.3 Å². The minimum atomic E-state index is -0.316. The van der Waals surface area contributed by atoms with Crippen molar-refractivity contribution in [3.63, 3.8) is 0 Å². The first-order chi connectivity index (χ1) is 35.3. The van der Waals surface area contributed by atoms with Gasteiger partial charge in [0.1, 0.15) is 0 Å². The summed E-state index contributed by atoms with van der Waals surface area (Å²) in [5.41, 5.74) is 13.6. The number of amides is 1. The highest BCUT2D eigenvalue weighted by molar-refractivity contribution is 5.95. The summed E-state index contributed by atoms with van der Waals surface area (Å²) < 4.78 is 15.7. The van der Waals surface area contributed by atoms with Crippen LogP contribution in [0.25, 0.3) is 22.2 Å². The van der Waals surface area contributed by atoms with Gasteiger partial charge in [-0.2, -0.15) is 0 Å². The number of piperazine rings is 1. The Kier molecular flexibility index (Phi) is 17.8. The van der Waals surface area contributed by atoms with Gasteiger partial charge in [-0.15, -0.1) is 0 Å². The lowest BCUT2D eigenvalue weighted by Crippen LogP contribution is -2.72. The van der Waals surface area contributed by atoms with E-state index in [1.54, 1.807) is 7.11 Å². The number of carbonyl (C=O) groups is 1. The van der Waals surface area contributed by atoms with Gasteiger partial charge >= 0.3 is 0 Å². The number of ether oxygens (including phenoxy) is 2. The second-order valence-corrected chi connectivity index (χ2v) is 24.3. The number of anilines is 2. The number of aryl methyl sites for hydroxylation is 1. The molecular formula is C60H96N10O3. The second kappa shape index (κ2) is 24.1. The number of fused-ring (bicyclic) bond motifs is 1. The molecule has 5 saturated heterocycles. The fourth-order valence-electron chi connectivity index (χ4n) is 13.5. The molecule has 6 aliphatic rings. The fourth-order valence-corrected chi connectivity index (χ4v) is 13.5. The summed E-state index contributed by atoms with van der Waals surface area (Å²) in [5, 5.41) is 11.0. The summed E-state index contributed by atoms with van der Waals surface area (Å²) in [5.74, 6) is 0.327. The molecule has 1 aromatic carbocycles. The molecule has 5 aliphatic heterocycles. The van der Waals surface area contributed by atoms with Gasteiger partial charge in [-0.25, -0.2) is 5.43 Å². The van der Waals surface area contributed by atoms with Gasteiger partial charge in [0.25, 0.3) is 0 Å². The van der Waals surface area contributed by atoms with Gasteiger partial charge in [-0.3, -0.25) is 19.6 Å². The van der Waals surface area contributed by atoms with E-state index in [0.29, 0.717) is 12.0 Å². The van der Waals surface area contributed by atoms with E-state index in [2.05, 4.69) is 124 Å². The van der Waals surface area contributed by atoms with E-state index in [1.807, 2.05) is 0 Å². The number of aromatic nitrogens is 2. The molecule has 0 radical (unpaired) electrons. The van der Waals surface area contributed by atoms with E-state index in [0.717, 1.165) is 135 Å². The average molecular weight is 1010 g/mol. The molecule has 13 heteroatoms. The zero-order chi connectivity index (χ0) is 51.3. The Balaban J connectivity index is 1.09. The van der Waals surface area contributed by atoms with Crippen LogP contribution in [0.1, 0.15) is 149 Å². The van der Waals surface area contributed by atoms with Crippen molar-refractivity contribution in [3.05, 3.63) is 54.0 Å². The Morgan fingerprint density at radius 2 is 1.59 bits per heavy atom. The van der Waals surface area contributed by atoms with Gasteiger partial charge in [0.15, 0.2) is 0 Å². The monoisotopic (exact) mass is 1000 g/mol. The maximum absolute atomic E-state index is 15.3. The molecule has 13 nitrogen and oxygen atoms in total. The lowest BCUT2D eigenvalue weighted by Gasteiger charge is -2.61. The summed E-state index contributed by atoms with van der Waals surface area (Å²) in [6, 6.07) is 9.07. The predicted molar refractivity (Wildman–Crippen MR) is 300 cm³/mol. The first kappa shape index (κ1) is 54.1. The molecule has 1 amide bonds. The van der Waals surface area contributed by atoms with Gasteiger partial charge in [0.2, 0.25) is 5.91 Å². The molecule has 404 valence electrons. The summed E-state index contributed by atoms with van der Waals surface area (Å²) in [7, 11) is 1.80. The number of benzene rings is 1. The molecule has 7 heterocycles. The normalized spacial score (nSPS) is 23.5. The molecule has 1 unspecified atom stereocenters. The maximum atomic E-state index is 15.3. The van der Waals surface area contributed by atoms with Crippen LogP contribution >= 0.6 is 0 Å². The molecule has 1 spiro atoms. The van der Waals surface area contributed by atoms with Crippen LogP contribution in [-0.4, -0.2) is 147 Å². The molecule has 6 fully saturated rings. The van der Waals surface area contributed by atoms with Crippen LogP contribution in [0, 0.1) is 16.7 Å². The third-order valence-electron chi connectivity index (χ3n) is 18.4. The molecule has 1 saturated carbocycles. The minimum Gasteiger partial charge on any atom is -0.375 e. The van der Waals surface area contributed by atoms with Crippen LogP contribution in [-0.2, 0) is 27.2 Å². The molecule has 3 aromatic rings. The highest BCUT2D eigenvalue weighted by atomic mass is 16.5. The summed E-state index contributed by atoms with van der Waals surface area (Å²) in [4.78, 5) is 30.8. The highest BCUT2D eigenvalue weighted by Crippen LogP contribution is 2.50. The topological polar surface area (TPSA) is 106 Å². The zero-order valence-corrected chi connectivity index (χ0v) is 46.7. The Bertz CT molecular complexity index is 2290. The Morgan fingerprint density at radius 3 is 2.22 bits per heavy atom. The van der Waals surface area contributed by atoms with E-state index in [1.165, 1.54) is 90.5 Å². The highest BCUT2D eigenvalue weighted by Gasteiger charge is 2.54. The van der Waals surface area contributed by atoms with Crippen molar-refractivity contribution in [1.82, 2.24) is 40.4 Å². The predicted octanol–water partition coefficient (Wildman–Crippen LogP) is 9.55. The Morgan fingerprint density at radius 1 is 0.877 bits per heavy atom. The van der Waals surface area contributed by atoms with E-state index in [-0.39, 0.29) is 47.6 Å². The van der Waals surface area contributed by atoms with Gasteiger partial charge in [0.05, 0.1) is 60.2 Å². The number of hydrazine groups is 1. The van der Waals surface area contributed by atoms with Crippen LogP contribution in [0.3, 0.4) is 0 Å². The molecule has 5 atom stereocenters. The van der Waals surface area contributed by atoms with Crippen molar-refractivity contribution in [1.29, 1.82) is 0 Å². The number of methoxy groups -OCH3 is 1. The van der Waals surface area contributed by atoms with Crippen LogP contribution < -0.4 is 25.9 Å². The van der Waals surface area contributed by atoms with Crippen LogP contribution in [0.2, 0.25) is 0 Å². The van der Waals surface area contributed by atoms with Gasteiger partial charge in [-0.05, 0) is 118 Å². The number of carbonyl (C=O) groups excluding carboxylic acids is 1. The molecule has 0 bridgehead atoms. The lowest BCUT2D eigenvalue weighted by molar-refractivity contribution is -0.139. The lowest BCUT2D eigenvalue weighted by atomic mass is 9.62. The first-order valence-electron chi connectivity index (χ1n) is 29.3. The second-order valence-electron chi connectivity index (χ2n) is 24.3. The maximum Gasteiger partial charge on any atom is 0.238 e. The van der Waals surface area contributed by atoms with Crippen molar-refractivity contribution in [2.75, 3.05) is 102 Å². The molecule has 3 N–H and O–H groups in total. The van der Waals surface area contributed by atoms with Crippen LogP contribution in [0.15, 0.2) is 42.7 Å². The van der Waals surface area contributed by atoms with Crippen LogP contribution in [0.5, 0.6) is 0 Å². The summed E-state index contributed by atoms with van der Waals surface area (Å²) >= 11 is 0. The summed E-state index contributed by atoms with van der Waals surface area (Å²) in [6.45, 7) is 33.7. The number of pyridine rings is 1. The third-order valence-corrected chi connectivity index (χ3v) is 18.4. The fraction of sp³-hybridized carbons (Fsp3) is 0.733. The number of hydrogen-bond acceptors (Lipinski definition) is 11. The van der Waals surface area contributed by atoms with Crippen molar-refractivity contribution in [2.24, 2.45) is 16.7 Å². The van der Waals surface area contributed by atoms with E-state index < -0.39 is 0 Å². The van der Waals surface area contributed by atoms with Crippen molar-refractivity contribution in [2.45, 2.75) is 175 Å². The number of nitrogens with one attached hydrogen (secondary N) is 3. The quantitative estimate of drug-likeness (QED) is 0.114. The molecular weight excluding hydrogens is 909 g/mol. The largest absolute Gasteiger partial charge is 0.375 e. The Hall–Kier alpha value is -3.72. The zero-order valence-electron chi connectivity index (χ0n) is 46.7. The number of morpholine rings is 1. The van der Waals surface area contributed by atoms with E-state index in [9.17, 15) is 0 Å². The van der Waals surface area contributed by atoms with E-state index >= 15 is 4.79 Å². The van der Waals surface area contributed by atoms with E-state index in [4.69, 9.17) is 21.0 Å². The van der Waals surface area contributed by atoms with Crippen molar-refractivity contribution < 1.29 is 14.3 Å². The standard InChI is InChI=1S/C60H96N10O3/c1-10-59(7,8)38-50-48-36-46(22-23-51(48)69(11-2)56(50)49-37-47(65-32-27-61-28-33-65)39-62-54(49)45(6)72-9)67-34-35-73-52(40-67)57(68-41-60(42-68)24-21-25-60)53(44(5)70-31-20-17-26-63-70)64-58(71)55(43(3)4)66-29-18-15-13-12-14-16-19-30-66/h22-23,36-37,39,43,45,52-53,55,57,61,63H,5,10-21,24-35,38,40-42H2,1-4,6-9H3,(H,64,71)/t45-,52?,53+,55-,57+/m0/s1. The number of hydrogen-bond donors (Lipinski definition) is 3. The molecule has 2 aromatic heterocycles. The number of nitrogens with zero attached hydrogens (tertiary/aromatic N) is 7. The Labute approximate surface area is 440 Å². The smallest absolute Gasteiger partial charge is 0.238 e. The SMILES string of the molecule is C=C([C@@H](NC(=O)[C@H](C(C)C)N1CCCCCCCCC1)[C@@H](C1CN(c2ccc3c(c2)c(CC(C)(C)CC)c(-c2cc(N4CCNCC4)cnc2[C@H](C)OC)n3CC)CCO1)N1CC2(CCC2)C1)N1CCCCN1. The van der Waals surface area contributed by atoms with Gasteiger partial charge in [-0.1, -0.05) is 86.1 Å². The molecule has 1 aliphatic carbocycles. The molecule has 73 heavy (non-hydrogen) atoms. The van der Waals surface area contributed by atoms with Gasteiger partial charge < -0.3 is 39.5 Å². The van der Waals surface area contributed by atoms with Gasteiger partial charge in [0, 0.05) is 107 Å². The number of likely N-dealkylation sites (tertiary alicyclic amines) is 1. The number of rotatable bonds is 18.